The summed E-state index contributed by atoms with van der Waals surface area (Å²) in [6.07, 6.45) is 0. The van der Waals surface area contributed by atoms with Crippen LogP contribution >= 0.6 is 46.5 Å². The fourth-order valence-electron chi connectivity index (χ4n) is 2.85. The zero-order valence-corrected chi connectivity index (χ0v) is 20.3. The molecule has 9 heteroatoms. The van der Waals surface area contributed by atoms with Crippen LogP contribution in [0.25, 0.3) is 10.8 Å². The van der Waals surface area contributed by atoms with Gasteiger partial charge >= 0.3 is 0 Å². The average Bonchev–Trinajstić information content (AvgIpc) is 3.28. The van der Waals surface area contributed by atoms with Crippen molar-refractivity contribution in [2.24, 2.45) is 5.10 Å². The van der Waals surface area contributed by atoms with Crippen molar-refractivity contribution in [3.05, 3.63) is 82.9 Å². The lowest BCUT2D eigenvalue weighted by Crippen LogP contribution is -2.21. The SMILES string of the molecule is C/C(=N/NC(=O)CSc1nnc(SCc2ccccc2Cl)s1)c1ccc2ccccc2c1. The molecule has 0 saturated heterocycles. The van der Waals surface area contributed by atoms with Crippen molar-refractivity contribution in [3.8, 4) is 0 Å². The first-order valence-electron chi connectivity index (χ1n) is 9.73. The number of halogens is 1. The summed E-state index contributed by atoms with van der Waals surface area (Å²) < 4.78 is 1.59. The molecule has 1 amide bonds. The Balaban J connectivity index is 1.27. The quantitative estimate of drug-likeness (QED) is 0.176. The number of benzene rings is 3. The monoisotopic (exact) mass is 498 g/mol. The highest BCUT2D eigenvalue weighted by Gasteiger charge is 2.10. The number of nitrogens with zero attached hydrogens (tertiary/aromatic N) is 3. The molecule has 1 N–H and O–H groups in total. The Bertz CT molecular complexity index is 1270. The third-order valence-electron chi connectivity index (χ3n) is 4.54. The topological polar surface area (TPSA) is 67.2 Å². The minimum Gasteiger partial charge on any atom is -0.272 e. The van der Waals surface area contributed by atoms with Crippen molar-refractivity contribution in [1.29, 1.82) is 0 Å². The zero-order chi connectivity index (χ0) is 22.3. The van der Waals surface area contributed by atoms with Crippen molar-refractivity contribution in [2.75, 3.05) is 5.75 Å². The van der Waals surface area contributed by atoms with E-state index in [0.29, 0.717) is 0 Å². The molecule has 0 saturated carbocycles. The molecule has 1 aromatic heterocycles. The molecule has 0 radical (unpaired) electrons. The first kappa shape index (κ1) is 22.8. The average molecular weight is 499 g/mol. The van der Waals surface area contributed by atoms with E-state index in [9.17, 15) is 4.79 Å². The maximum Gasteiger partial charge on any atom is 0.250 e. The van der Waals surface area contributed by atoms with Gasteiger partial charge in [0.2, 0.25) is 0 Å². The summed E-state index contributed by atoms with van der Waals surface area (Å²) in [6, 6.07) is 22.0. The minimum atomic E-state index is -0.185. The third kappa shape index (κ3) is 6.10. The van der Waals surface area contributed by atoms with E-state index < -0.39 is 0 Å². The van der Waals surface area contributed by atoms with Crippen LogP contribution in [0.3, 0.4) is 0 Å². The van der Waals surface area contributed by atoms with E-state index in [0.717, 1.165) is 41.7 Å². The number of nitrogens with one attached hydrogen (secondary N) is 1. The first-order valence-corrected chi connectivity index (χ1v) is 12.9. The number of thioether (sulfide) groups is 2. The maximum atomic E-state index is 12.2. The molecule has 4 rings (SSSR count). The van der Waals surface area contributed by atoms with Gasteiger partial charge in [0, 0.05) is 10.8 Å². The molecule has 162 valence electrons. The van der Waals surface area contributed by atoms with E-state index >= 15 is 0 Å². The number of carbonyl (C=O) groups is 1. The van der Waals surface area contributed by atoms with Gasteiger partial charge < -0.3 is 0 Å². The lowest BCUT2D eigenvalue weighted by molar-refractivity contribution is -0.118. The fraction of sp³-hybridized carbons (Fsp3) is 0.130. The summed E-state index contributed by atoms with van der Waals surface area (Å²) in [4.78, 5) is 12.2. The van der Waals surface area contributed by atoms with Crippen LogP contribution in [0, 0.1) is 0 Å². The Morgan fingerprint density at radius 1 is 1.00 bits per heavy atom. The third-order valence-corrected chi connectivity index (χ3v) is 8.15. The molecule has 0 spiro atoms. The largest absolute Gasteiger partial charge is 0.272 e. The standard InChI is InChI=1S/C23H19ClN4OS3/c1-15(17-11-10-16-6-2-3-7-18(16)12-17)25-26-21(29)14-31-23-28-27-22(32-23)30-13-19-8-4-5-9-20(19)24/h2-12H,13-14H2,1H3,(H,26,29)/b25-15-. The van der Waals surface area contributed by atoms with E-state index in [2.05, 4.69) is 45.0 Å². The second kappa shape index (κ2) is 11.0. The molecule has 3 aromatic carbocycles. The lowest BCUT2D eigenvalue weighted by Gasteiger charge is -2.04. The molecule has 0 bridgehead atoms. The molecule has 0 aliphatic heterocycles. The van der Waals surface area contributed by atoms with E-state index in [1.165, 1.54) is 28.5 Å². The Morgan fingerprint density at radius 2 is 1.72 bits per heavy atom. The highest BCUT2D eigenvalue weighted by atomic mass is 35.5. The Hall–Kier alpha value is -2.39. The molecular weight excluding hydrogens is 480 g/mol. The number of hydrazone groups is 1. The number of amides is 1. The van der Waals surface area contributed by atoms with E-state index in [4.69, 9.17) is 11.6 Å². The second-order valence-electron chi connectivity index (χ2n) is 6.80. The summed E-state index contributed by atoms with van der Waals surface area (Å²) in [5.41, 5.74) is 5.41. The van der Waals surface area contributed by atoms with Gasteiger partial charge in [-0.25, -0.2) is 5.43 Å². The van der Waals surface area contributed by atoms with Crippen molar-refractivity contribution >= 4 is 68.9 Å². The fourth-order valence-corrected chi connectivity index (χ4v) is 5.95. The number of aromatic nitrogens is 2. The maximum absolute atomic E-state index is 12.2. The van der Waals surface area contributed by atoms with Gasteiger partial charge in [-0.2, -0.15) is 5.10 Å². The number of hydrogen-bond acceptors (Lipinski definition) is 7. The van der Waals surface area contributed by atoms with E-state index in [1.54, 1.807) is 11.8 Å². The number of carbonyl (C=O) groups excluding carboxylic acids is 1. The number of fused-ring (bicyclic) bond motifs is 1. The van der Waals surface area contributed by atoms with Gasteiger partial charge in [-0.05, 0) is 41.0 Å². The Morgan fingerprint density at radius 3 is 2.53 bits per heavy atom. The minimum absolute atomic E-state index is 0.185. The summed E-state index contributed by atoms with van der Waals surface area (Å²) in [7, 11) is 0. The molecule has 0 fully saturated rings. The van der Waals surface area contributed by atoms with E-state index in [1.807, 2.05) is 49.4 Å². The van der Waals surface area contributed by atoms with Crippen molar-refractivity contribution in [3.63, 3.8) is 0 Å². The summed E-state index contributed by atoms with van der Waals surface area (Å²) in [5.74, 6) is 0.760. The molecule has 0 aliphatic rings. The van der Waals surface area contributed by atoms with Crippen molar-refractivity contribution in [1.82, 2.24) is 15.6 Å². The van der Waals surface area contributed by atoms with Crippen LogP contribution in [0.1, 0.15) is 18.1 Å². The number of hydrogen-bond donors (Lipinski definition) is 1. The summed E-state index contributed by atoms with van der Waals surface area (Å²) >= 11 is 10.6. The van der Waals surface area contributed by atoms with Gasteiger partial charge in [0.25, 0.3) is 5.91 Å². The molecular formula is C23H19ClN4OS3. The van der Waals surface area contributed by atoms with Gasteiger partial charge in [0.05, 0.1) is 11.5 Å². The van der Waals surface area contributed by atoms with E-state index in [-0.39, 0.29) is 11.7 Å². The van der Waals surface area contributed by atoms with Crippen molar-refractivity contribution in [2.45, 2.75) is 21.4 Å². The zero-order valence-electron chi connectivity index (χ0n) is 17.1. The highest BCUT2D eigenvalue weighted by Crippen LogP contribution is 2.32. The Labute approximate surface area is 203 Å². The molecule has 0 unspecified atom stereocenters. The van der Waals surface area contributed by atoms with Crippen LogP contribution in [0.15, 0.2) is 80.5 Å². The van der Waals surface area contributed by atoms with Crippen LogP contribution < -0.4 is 5.43 Å². The summed E-state index contributed by atoms with van der Waals surface area (Å²) in [5, 5.41) is 15.6. The van der Waals surface area contributed by atoms with Crippen LogP contribution in [-0.4, -0.2) is 27.6 Å². The molecule has 1 heterocycles. The normalized spacial score (nSPS) is 11.6. The smallest absolute Gasteiger partial charge is 0.250 e. The van der Waals surface area contributed by atoms with Gasteiger partial charge in [-0.3, -0.25) is 4.79 Å². The van der Waals surface area contributed by atoms with Crippen LogP contribution in [0.2, 0.25) is 5.02 Å². The summed E-state index contributed by atoms with van der Waals surface area (Å²) in [6.45, 7) is 1.88. The van der Waals surface area contributed by atoms with Crippen molar-refractivity contribution < 1.29 is 4.79 Å². The predicted molar refractivity (Wildman–Crippen MR) is 136 cm³/mol. The van der Waals surface area contributed by atoms with Gasteiger partial charge in [-0.1, -0.05) is 101 Å². The molecule has 32 heavy (non-hydrogen) atoms. The van der Waals surface area contributed by atoms with Gasteiger partial charge in [0.15, 0.2) is 8.68 Å². The van der Waals surface area contributed by atoms with Crippen LogP contribution in [-0.2, 0) is 10.5 Å². The highest BCUT2D eigenvalue weighted by molar-refractivity contribution is 8.03. The molecule has 4 aromatic rings. The van der Waals surface area contributed by atoms with Crippen LogP contribution in [0.5, 0.6) is 0 Å². The molecule has 0 aliphatic carbocycles. The van der Waals surface area contributed by atoms with Gasteiger partial charge in [0.1, 0.15) is 0 Å². The van der Waals surface area contributed by atoms with Crippen LogP contribution in [0.4, 0.5) is 0 Å². The molecule has 5 nitrogen and oxygen atoms in total. The number of rotatable bonds is 8. The molecule has 0 atom stereocenters. The first-order chi connectivity index (χ1) is 15.6. The Kier molecular flexibility index (Phi) is 7.81. The van der Waals surface area contributed by atoms with Gasteiger partial charge in [-0.15, -0.1) is 10.2 Å². The lowest BCUT2D eigenvalue weighted by atomic mass is 10.0. The predicted octanol–water partition coefficient (Wildman–Crippen LogP) is 6.27. The second-order valence-corrected chi connectivity index (χ2v) is 10.6.